The van der Waals surface area contributed by atoms with E-state index in [4.69, 9.17) is 0 Å². The van der Waals surface area contributed by atoms with Gasteiger partial charge in [-0.25, -0.2) is 4.39 Å². The lowest BCUT2D eigenvalue weighted by atomic mass is 9.96. The second-order valence-electron chi connectivity index (χ2n) is 5.35. The molecule has 0 spiro atoms. The summed E-state index contributed by atoms with van der Waals surface area (Å²) in [7, 11) is 0. The fourth-order valence-corrected chi connectivity index (χ4v) is 2.99. The van der Waals surface area contributed by atoms with E-state index in [0.717, 1.165) is 33.6 Å². The summed E-state index contributed by atoms with van der Waals surface area (Å²) in [5.74, 6) is 0. The molecule has 0 amide bonds. The number of halogens is 1. The lowest BCUT2D eigenvalue weighted by molar-refractivity contribution is 0.489. The van der Waals surface area contributed by atoms with Crippen LogP contribution in [0.4, 0.5) is 10.1 Å². The molecule has 0 bridgehead atoms. The average Bonchev–Trinajstić information content (AvgIpc) is 3.04. The van der Waals surface area contributed by atoms with Gasteiger partial charge in [0.1, 0.15) is 6.67 Å². The molecule has 4 rings (SSSR count). The molecular weight excluding hydrogens is 279 g/mol. The number of rotatable bonds is 3. The highest BCUT2D eigenvalue weighted by Crippen LogP contribution is 2.39. The first-order valence-corrected chi connectivity index (χ1v) is 7.25. The molecule has 0 atom stereocenters. The summed E-state index contributed by atoms with van der Waals surface area (Å²) in [5.41, 5.74) is 6.47. The fourth-order valence-electron chi connectivity index (χ4n) is 2.99. The molecule has 0 saturated heterocycles. The first-order valence-electron chi connectivity index (χ1n) is 7.25. The summed E-state index contributed by atoms with van der Waals surface area (Å²) in [6, 6.07) is 10.2. The summed E-state index contributed by atoms with van der Waals surface area (Å²) >= 11 is 0. The van der Waals surface area contributed by atoms with Crippen molar-refractivity contribution in [1.29, 1.82) is 0 Å². The van der Waals surface area contributed by atoms with Gasteiger partial charge in [0.05, 0.1) is 11.9 Å². The Balaban J connectivity index is 1.85. The molecule has 3 aromatic rings. The van der Waals surface area contributed by atoms with E-state index in [1.807, 2.05) is 18.3 Å². The van der Waals surface area contributed by atoms with Crippen LogP contribution in [0.25, 0.3) is 22.4 Å². The molecule has 4 nitrogen and oxygen atoms in total. The van der Waals surface area contributed by atoms with Crippen LogP contribution >= 0.6 is 0 Å². The van der Waals surface area contributed by atoms with Gasteiger partial charge >= 0.3 is 0 Å². The maximum absolute atomic E-state index is 12.9. The Morgan fingerprint density at radius 1 is 1.14 bits per heavy atom. The Hall–Kier alpha value is -2.69. The number of nitrogens with one attached hydrogen (secondary N) is 1. The second-order valence-corrected chi connectivity index (χ2v) is 5.35. The van der Waals surface area contributed by atoms with Crippen LogP contribution in [0.15, 0.2) is 48.9 Å². The van der Waals surface area contributed by atoms with Gasteiger partial charge in [0.2, 0.25) is 0 Å². The van der Waals surface area contributed by atoms with Crippen molar-refractivity contribution in [3.8, 4) is 22.4 Å². The standard InChI is InChI=1S/C17H15FN4/c18-5-8-22-11-14-10-20-21-17(14)15-2-1-13(9-16(15)22)12-3-6-19-7-4-12/h1-4,6-7,9-10H,5,8,11H2,(H,20,21). The summed E-state index contributed by atoms with van der Waals surface area (Å²) in [4.78, 5) is 6.12. The van der Waals surface area contributed by atoms with Crippen molar-refractivity contribution >= 4 is 5.69 Å². The van der Waals surface area contributed by atoms with Gasteiger partial charge in [-0.3, -0.25) is 10.1 Å². The molecule has 5 heteroatoms. The number of aromatic nitrogens is 3. The van der Waals surface area contributed by atoms with Crippen LogP contribution in [0.2, 0.25) is 0 Å². The van der Waals surface area contributed by atoms with Crippen molar-refractivity contribution in [1.82, 2.24) is 15.2 Å². The minimum absolute atomic E-state index is 0.369. The highest BCUT2D eigenvalue weighted by Gasteiger charge is 2.23. The van der Waals surface area contributed by atoms with E-state index in [-0.39, 0.29) is 6.67 Å². The van der Waals surface area contributed by atoms with Gasteiger partial charge < -0.3 is 4.90 Å². The molecule has 0 saturated carbocycles. The molecule has 2 aromatic heterocycles. The molecule has 1 aliphatic rings. The van der Waals surface area contributed by atoms with Crippen LogP contribution in [0.3, 0.4) is 0 Å². The number of pyridine rings is 1. The number of alkyl halides is 1. The Labute approximate surface area is 127 Å². The molecule has 3 heterocycles. The monoisotopic (exact) mass is 294 g/mol. The van der Waals surface area contributed by atoms with Crippen LogP contribution in [0, 0.1) is 0 Å². The zero-order valence-corrected chi connectivity index (χ0v) is 12.0. The fraction of sp³-hybridized carbons (Fsp3) is 0.176. The number of anilines is 1. The zero-order valence-electron chi connectivity index (χ0n) is 12.0. The molecule has 0 radical (unpaired) electrons. The van der Waals surface area contributed by atoms with Crippen molar-refractivity contribution in [2.75, 3.05) is 18.1 Å². The van der Waals surface area contributed by atoms with E-state index in [0.29, 0.717) is 13.1 Å². The van der Waals surface area contributed by atoms with E-state index in [9.17, 15) is 4.39 Å². The predicted octanol–water partition coefficient (Wildman–Crippen LogP) is 3.43. The van der Waals surface area contributed by atoms with E-state index in [1.165, 1.54) is 0 Å². The third kappa shape index (κ3) is 2.06. The second kappa shape index (κ2) is 5.26. The highest BCUT2D eigenvalue weighted by atomic mass is 19.1. The predicted molar refractivity (Wildman–Crippen MR) is 84.3 cm³/mol. The lowest BCUT2D eigenvalue weighted by Crippen LogP contribution is -2.28. The highest BCUT2D eigenvalue weighted by molar-refractivity contribution is 5.85. The first kappa shape index (κ1) is 13.0. The van der Waals surface area contributed by atoms with E-state index in [2.05, 4.69) is 38.3 Å². The largest absolute Gasteiger partial charge is 0.364 e. The van der Waals surface area contributed by atoms with Gasteiger partial charge in [0, 0.05) is 42.3 Å². The summed E-state index contributed by atoms with van der Waals surface area (Å²) in [6.07, 6.45) is 5.38. The smallest absolute Gasteiger partial charge is 0.107 e. The Kier molecular flexibility index (Phi) is 3.11. The lowest BCUT2D eigenvalue weighted by Gasteiger charge is -2.30. The number of H-pyrrole nitrogens is 1. The quantitative estimate of drug-likeness (QED) is 0.805. The Morgan fingerprint density at radius 3 is 2.82 bits per heavy atom. The van der Waals surface area contributed by atoms with Gasteiger partial charge in [-0.05, 0) is 29.3 Å². The van der Waals surface area contributed by atoms with E-state index in [1.54, 1.807) is 12.4 Å². The number of hydrogen-bond acceptors (Lipinski definition) is 3. The third-order valence-corrected chi connectivity index (χ3v) is 4.05. The number of nitrogens with zero attached hydrogens (tertiary/aromatic N) is 3. The number of aromatic amines is 1. The molecule has 0 aliphatic carbocycles. The summed E-state index contributed by atoms with van der Waals surface area (Å²) in [5, 5.41) is 7.18. The molecule has 110 valence electrons. The molecule has 1 aliphatic heterocycles. The minimum Gasteiger partial charge on any atom is -0.364 e. The molecule has 22 heavy (non-hydrogen) atoms. The molecular formula is C17H15FN4. The topological polar surface area (TPSA) is 44.8 Å². The molecule has 0 unspecified atom stereocenters. The molecule has 1 aromatic carbocycles. The Morgan fingerprint density at radius 2 is 2.00 bits per heavy atom. The van der Waals surface area contributed by atoms with Crippen molar-refractivity contribution in [2.24, 2.45) is 0 Å². The van der Waals surface area contributed by atoms with Gasteiger partial charge in [-0.2, -0.15) is 5.10 Å². The van der Waals surface area contributed by atoms with Crippen molar-refractivity contribution in [2.45, 2.75) is 6.54 Å². The van der Waals surface area contributed by atoms with Gasteiger partial charge in [0.25, 0.3) is 0 Å². The van der Waals surface area contributed by atoms with Crippen molar-refractivity contribution in [3.63, 3.8) is 0 Å². The van der Waals surface area contributed by atoms with Gasteiger partial charge in [-0.15, -0.1) is 0 Å². The van der Waals surface area contributed by atoms with Crippen molar-refractivity contribution in [3.05, 3.63) is 54.5 Å². The van der Waals surface area contributed by atoms with Crippen LogP contribution in [0.1, 0.15) is 5.56 Å². The van der Waals surface area contributed by atoms with Crippen LogP contribution < -0.4 is 4.90 Å². The van der Waals surface area contributed by atoms with Gasteiger partial charge in [0.15, 0.2) is 0 Å². The maximum Gasteiger partial charge on any atom is 0.107 e. The zero-order chi connectivity index (χ0) is 14.9. The summed E-state index contributed by atoms with van der Waals surface area (Å²) in [6.45, 7) is 0.700. The summed E-state index contributed by atoms with van der Waals surface area (Å²) < 4.78 is 12.9. The first-order chi connectivity index (χ1) is 10.9. The van der Waals surface area contributed by atoms with Crippen LogP contribution in [-0.4, -0.2) is 28.4 Å². The number of hydrogen-bond donors (Lipinski definition) is 1. The third-order valence-electron chi connectivity index (χ3n) is 4.05. The SMILES string of the molecule is FCCN1Cc2cn[nH]c2-c2ccc(-c3ccncc3)cc21. The molecule has 0 fully saturated rings. The molecule has 1 N–H and O–H groups in total. The Bertz CT molecular complexity index is 797. The van der Waals surface area contributed by atoms with Crippen LogP contribution in [0.5, 0.6) is 0 Å². The minimum atomic E-state index is -0.369. The maximum atomic E-state index is 12.9. The van der Waals surface area contributed by atoms with Crippen molar-refractivity contribution < 1.29 is 4.39 Å². The van der Waals surface area contributed by atoms with E-state index < -0.39 is 0 Å². The number of benzene rings is 1. The van der Waals surface area contributed by atoms with Gasteiger partial charge in [-0.1, -0.05) is 12.1 Å². The van der Waals surface area contributed by atoms with E-state index >= 15 is 0 Å². The number of fused-ring (bicyclic) bond motifs is 3. The average molecular weight is 294 g/mol. The van der Waals surface area contributed by atoms with Crippen LogP contribution in [-0.2, 0) is 6.54 Å². The normalized spacial score (nSPS) is 12.9.